The topological polar surface area (TPSA) is 78.3 Å². The van der Waals surface area contributed by atoms with Crippen molar-refractivity contribution in [2.45, 2.75) is 26.3 Å². The molecule has 0 aliphatic carbocycles. The zero-order valence-electron chi connectivity index (χ0n) is 15.2. The first-order chi connectivity index (χ1) is 13.0. The highest BCUT2D eigenvalue weighted by Crippen LogP contribution is 2.36. The van der Waals surface area contributed by atoms with Crippen LogP contribution < -0.4 is 10.2 Å². The summed E-state index contributed by atoms with van der Waals surface area (Å²) >= 11 is 0. The Balaban J connectivity index is 1.69. The number of benzene rings is 2. The van der Waals surface area contributed by atoms with Gasteiger partial charge in [-0.05, 0) is 50.1 Å². The van der Waals surface area contributed by atoms with Gasteiger partial charge in [-0.2, -0.15) is 4.98 Å². The molecule has 0 fully saturated rings. The predicted molar refractivity (Wildman–Crippen MR) is 105 cm³/mol. The van der Waals surface area contributed by atoms with Gasteiger partial charge in [0.15, 0.2) is 0 Å². The molecule has 0 spiro atoms. The van der Waals surface area contributed by atoms with Gasteiger partial charge in [0.25, 0.3) is 0 Å². The molecule has 136 valence electrons. The van der Waals surface area contributed by atoms with E-state index in [1.807, 2.05) is 25.1 Å². The fourth-order valence-electron chi connectivity index (χ4n) is 3.47. The number of carboxylic acids is 1. The van der Waals surface area contributed by atoms with Crippen molar-refractivity contribution >= 4 is 29.1 Å². The van der Waals surface area contributed by atoms with Crippen LogP contribution in [-0.2, 0) is 6.42 Å². The molecule has 2 N–H and O–H groups in total. The molecular weight excluding hydrogens is 340 g/mol. The summed E-state index contributed by atoms with van der Waals surface area (Å²) in [6.45, 7) is 4.09. The van der Waals surface area contributed by atoms with Crippen LogP contribution in [-0.4, -0.2) is 27.1 Å². The maximum Gasteiger partial charge on any atom is 0.335 e. The van der Waals surface area contributed by atoms with Crippen LogP contribution in [0.2, 0.25) is 0 Å². The van der Waals surface area contributed by atoms with Crippen LogP contribution in [0.1, 0.15) is 28.5 Å². The molecule has 1 atom stereocenters. The summed E-state index contributed by atoms with van der Waals surface area (Å²) in [5, 5.41) is 12.4. The molecule has 2 heterocycles. The van der Waals surface area contributed by atoms with Gasteiger partial charge < -0.3 is 15.3 Å². The summed E-state index contributed by atoms with van der Waals surface area (Å²) in [6, 6.07) is 17.1. The maximum absolute atomic E-state index is 11.2. The number of rotatable bonds is 4. The Morgan fingerprint density at radius 1 is 1.15 bits per heavy atom. The van der Waals surface area contributed by atoms with E-state index in [0.717, 1.165) is 17.8 Å². The second kappa shape index (κ2) is 6.72. The molecular formula is C21H20N4O2. The maximum atomic E-state index is 11.2. The number of aryl methyl sites for hydroxylation is 1. The first-order valence-electron chi connectivity index (χ1n) is 8.84. The number of carboxylic acid groups (broad SMARTS) is 1. The van der Waals surface area contributed by atoms with Crippen molar-refractivity contribution in [2.75, 3.05) is 10.2 Å². The summed E-state index contributed by atoms with van der Waals surface area (Å²) in [5.74, 6) is 0.321. The third-order valence-corrected chi connectivity index (χ3v) is 4.65. The molecule has 6 nitrogen and oxygen atoms in total. The zero-order chi connectivity index (χ0) is 19.0. The molecule has 0 saturated carbocycles. The highest BCUT2D eigenvalue weighted by molar-refractivity contribution is 5.89. The van der Waals surface area contributed by atoms with Crippen LogP contribution in [0.15, 0.2) is 54.6 Å². The Kier molecular flexibility index (Phi) is 4.24. The van der Waals surface area contributed by atoms with Gasteiger partial charge in [-0.3, -0.25) is 0 Å². The van der Waals surface area contributed by atoms with Gasteiger partial charge in [0, 0.05) is 29.2 Å². The van der Waals surface area contributed by atoms with E-state index >= 15 is 0 Å². The fourth-order valence-corrected chi connectivity index (χ4v) is 3.47. The van der Waals surface area contributed by atoms with E-state index in [2.05, 4.69) is 40.3 Å². The highest BCUT2D eigenvalue weighted by Gasteiger charge is 2.29. The minimum absolute atomic E-state index is 0.230. The number of para-hydroxylation sites is 1. The van der Waals surface area contributed by atoms with Crippen LogP contribution in [0.25, 0.3) is 0 Å². The van der Waals surface area contributed by atoms with Crippen molar-refractivity contribution in [3.8, 4) is 0 Å². The number of aromatic nitrogens is 2. The molecule has 1 unspecified atom stereocenters. The quantitative estimate of drug-likeness (QED) is 0.722. The SMILES string of the molecule is Cc1cc(Nc2cccc(C(=O)O)c2)nc(N2c3ccccc3CC2C)n1. The third kappa shape index (κ3) is 3.33. The summed E-state index contributed by atoms with van der Waals surface area (Å²) in [7, 11) is 0. The van der Waals surface area contributed by atoms with E-state index in [1.165, 1.54) is 5.56 Å². The van der Waals surface area contributed by atoms with Crippen LogP contribution in [0.5, 0.6) is 0 Å². The molecule has 3 aromatic rings. The molecule has 1 aromatic heterocycles. The van der Waals surface area contributed by atoms with E-state index in [-0.39, 0.29) is 11.6 Å². The molecule has 2 aromatic carbocycles. The largest absolute Gasteiger partial charge is 0.478 e. The molecule has 1 aliphatic rings. The molecule has 6 heteroatoms. The number of carbonyl (C=O) groups is 1. The van der Waals surface area contributed by atoms with E-state index in [0.29, 0.717) is 17.5 Å². The van der Waals surface area contributed by atoms with Gasteiger partial charge in [0.05, 0.1) is 5.56 Å². The van der Waals surface area contributed by atoms with E-state index in [9.17, 15) is 4.79 Å². The highest BCUT2D eigenvalue weighted by atomic mass is 16.4. The molecule has 0 bridgehead atoms. The number of hydrogen-bond donors (Lipinski definition) is 2. The second-order valence-corrected chi connectivity index (χ2v) is 6.76. The average molecular weight is 360 g/mol. The van der Waals surface area contributed by atoms with Crippen molar-refractivity contribution in [3.05, 3.63) is 71.4 Å². The van der Waals surface area contributed by atoms with Gasteiger partial charge in [-0.1, -0.05) is 24.3 Å². The summed E-state index contributed by atoms with van der Waals surface area (Å²) in [4.78, 5) is 22.7. The smallest absolute Gasteiger partial charge is 0.335 e. The zero-order valence-corrected chi connectivity index (χ0v) is 15.2. The van der Waals surface area contributed by atoms with Gasteiger partial charge >= 0.3 is 5.97 Å². The van der Waals surface area contributed by atoms with Crippen molar-refractivity contribution in [3.63, 3.8) is 0 Å². The first-order valence-corrected chi connectivity index (χ1v) is 8.84. The van der Waals surface area contributed by atoms with E-state index in [4.69, 9.17) is 10.1 Å². The number of aromatic carboxylic acids is 1. The number of anilines is 4. The Morgan fingerprint density at radius 2 is 1.96 bits per heavy atom. The average Bonchev–Trinajstić information content (AvgIpc) is 2.97. The minimum atomic E-state index is -0.958. The van der Waals surface area contributed by atoms with Crippen molar-refractivity contribution in [2.24, 2.45) is 0 Å². The van der Waals surface area contributed by atoms with Crippen molar-refractivity contribution in [1.29, 1.82) is 0 Å². The number of hydrogen-bond acceptors (Lipinski definition) is 5. The summed E-state index contributed by atoms with van der Waals surface area (Å²) < 4.78 is 0. The minimum Gasteiger partial charge on any atom is -0.478 e. The second-order valence-electron chi connectivity index (χ2n) is 6.76. The monoisotopic (exact) mass is 360 g/mol. The third-order valence-electron chi connectivity index (χ3n) is 4.65. The molecule has 0 amide bonds. The predicted octanol–water partition coefficient (Wildman–Crippen LogP) is 4.31. The summed E-state index contributed by atoms with van der Waals surface area (Å²) in [5.41, 5.74) is 4.17. The van der Waals surface area contributed by atoms with Crippen LogP contribution in [0, 0.1) is 6.92 Å². The van der Waals surface area contributed by atoms with E-state index < -0.39 is 5.97 Å². The fraction of sp³-hybridized carbons (Fsp3) is 0.190. The lowest BCUT2D eigenvalue weighted by molar-refractivity contribution is 0.0697. The normalized spacial score (nSPS) is 15.5. The molecule has 0 radical (unpaired) electrons. The Hall–Kier alpha value is -3.41. The Bertz CT molecular complexity index is 1020. The Labute approximate surface area is 157 Å². The van der Waals surface area contributed by atoms with Crippen LogP contribution in [0.4, 0.5) is 23.1 Å². The number of nitrogens with zero attached hydrogens (tertiary/aromatic N) is 3. The number of fused-ring (bicyclic) bond motifs is 1. The van der Waals surface area contributed by atoms with Crippen molar-refractivity contribution < 1.29 is 9.90 Å². The lowest BCUT2D eigenvalue weighted by Gasteiger charge is -2.23. The van der Waals surface area contributed by atoms with Gasteiger partial charge in [-0.15, -0.1) is 0 Å². The van der Waals surface area contributed by atoms with E-state index in [1.54, 1.807) is 18.2 Å². The van der Waals surface area contributed by atoms with Crippen molar-refractivity contribution in [1.82, 2.24) is 9.97 Å². The molecule has 1 aliphatic heterocycles. The van der Waals surface area contributed by atoms with Crippen LogP contribution >= 0.6 is 0 Å². The van der Waals surface area contributed by atoms with Gasteiger partial charge in [-0.25, -0.2) is 9.78 Å². The molecule has 0 saturated heterocycles. The number of nitrogens with one attached hydrogen (secondary N) is 1. The lowest BCUT2D eigenvalue weighted by atomic mass is 10.1. The first kappa shape index (κ1) is 17.0. The van der Waals surface area contributed by atoms with Gasteiger partial charge in [0.1, 0.15) is 5.82 Å². The van der Waals surface area contributed by atoms with Gasteiger partial charge in [0.2, 0.25) is 5.95 Å². The Morgan fingerprint density at radius 3 is 2.78 bits per heavy atom. The molecule has 4 rings (SSSR count). The molecule has 27 heavy (non-hydrogen) atoms. The van der Waals surface area contributed by atoms with Crippen LogP contribution in [0.3, 0.4) is 0 Å². The summed E-state index contributed by atoms with van der Waals surface area (Å²) in [6.07, 6.45) is 0.955. The standard InChI is InChI=1S/C21H20N4O2/c1-13-10-19(23-17-8-5-7-16(12-17)20(26)27)24-21(22-13)25-14(2)11-15-6-3-4-9-18(15)25/h3-10,12,14H,11H2,1-2H3,(H,26,27)(H,22,23,24). The lowest BCUT2D eigenvalue weighted by Crippen LogP contribution is -2.26.